The zero-order valence-electron chi connectivity index (χ0n) is 17.5. The van der Waals surface area contributed by atoms with Crippen LogP contribution in [0.2, 0.25) is 0 Å². The number of halogens is 1. The van der Waals surface area contributed by atoms with Crippen LogP contribution in [0.4, 0.5) is 0 Å². The van der Waals surface area contributed by atoms with Crippen molar-refractivity contribution < 1.29 is 0 Å². The number of guanidine groups is 1. The number of aliphatic imine (C=N–C) groups is 1. The summed E-state index contributed by atoms with van der Waals surface area (Å²) in [4.78, 5) is 11.5. The number of aryl methyl sites for hydroxylation is 1. The van der Waals surface area contributed by atoms with E-state index < -0.39 is 0 Å². The molecule has 0 spiro atoms. The molecule has 0 aliphatic rings. The van der Waals surface area contributed by atoms with Crippen LogP contribution in [0, 0.1) is 6.92 Å². The van der Waals surface area contributed by atoms with E-state index in [0.717, 1.165) is 43.4 Å². The number of aromatic nitrogens is 2. The van der Waals surface area contributed by atoms with Gasteiger partial charge in [0.25, 0.3) is 0 Å². The topological polar surface area (TPSA) is 57.0 Å². The Kier molecular flexibility index (Phi) is 10.1. The minimum atomic E-state index is 0. The minimum Gasteiger partial charge on any atom is -0.356 e. The van der Waals surface area contributed by atoms with Gasteiger partial charge in [0, 0.05) is 57.6 Å². The monoisotopic (exact) mass is 486 g/mol. The summed E-state index contributed by atoms with van der Waals surface area (Å²) in [5, 5.41) is 6.78. The molecular formula is C20H35IN6. The van der Waals surface area contributed by atoms with Crippen LogP contribution in [0.15, 0.2) is 29.5 Å². The van der Waals surface area contributed by atoms with Crippen LogP contribution in [0.5, 0.6) is 0 Å². The second-order valence-electron chi connectivity index (χ2n) is 7.26. The largest absolute Gasteiger partial charge is 0.356 e. The molecule has 0 aromatic carbocycles. The van der Waals surface area contributed by atoms with E-state index in [1.54, 1.807) is 0 Å². The Bertz CT molecular complexity index is 714. The molecule has 0 fully saturated rings. The van der Waals surface area contributed by atoms with Gasteiger partial charge in [-0.2, -0.15) is 0 Å². The Morgan fingerprint density at radius 1 is 1.19 bits per heavy atom. The maximum absolute atomic E-state index is 4.72. The van der Waals surface area contributed by atoms with E-state index in [1.165, 1.54) is 5.56 Å². The predicted molar refractivity (Wildman–Crippen MR) is 125 cm³/mol. The Morgan fingerprint density at radius 2 is 1.85 bits per heavy atom. The van der Waals surface area contributed by atoms with E-state index in [0.29, 0.717) is 12.1 Å². The van der Waals surface area contributed by atoms with Gasteiger partial charge in [0.2, 0.25) is 0 Å². The molecule has 152 valence electrons. The summed E-state index contributed by atoms with van der Waals surface area (Å²) >= 11 is 0. The molecule has 27 heavy (non-hydrogen) atoms. The maximum atomic E-state index is 4.72. The Labute approximate surface area is 180 Å². The van der Waals surface area contributed by atoms with E-state index in [9.17, 15) is 0 Å². The number of hydrogen-bond acceptors (Lipinski definition) is 3. The van der Waals surface area contributed by atoms with Gasteiger partial charge >= 0.3 is 0 Å². The van der Waals surface area contributed by atoms with Crippen molar-refractivity contribution in [2.45, 2.75) is 53.1 Å². The third kappa shape index (κ3) is 6.95. The lowest BCUT2D eigenvalue weighted by molar-refractivity contribution is 0.178. The maximum Gasteiger partial charge on any atom is 0.191 e. The van der Waals surface area contributed by atoms with Crippen molar-refractivity contribution in [3.8, 4) is 0 Å². The minimum absolute atomic E-state index is 0. The molecule has 0 saturated carbocycles. The number of hydrogen-bond donors (Lipinski definition) is 2. The fraction of sp³-hybridized carbons (Fsp3) is 0.600. The van der Waals surface area contributed by atoms with Crippen molar-refractivity contribution in [2.24, 2.45) is 4.99 Å². The molecule has 0 radical (unpaired) electrons. The lowest BCUT2D eigenvalue weighted by Gasteiger charge is -2.30. The van der Waals surface area contributed by atoms with Gasteiger partial charge in [-0.15, -0.1) is 24.0 Å². The molecule has 2 aromatic rings. The predicted octanol–water partition coefficient (Wildman–Crippen LogP) is 3.09. The zero-order valence-corrected chi connectivity index (χ0v) is 19.8. The molecule has 2 rings (SSSR count). The highest BCUT2D eigenvalue weighted by Crippen LogP contribution is 2.10. The summed E-state index contributed by atoms with van der Waals surface area (Å²) < 4.78 is 2.09. The normalized spacial score (nSPS) is 12.1. The standard InChI is InChI=1S/C20H34N6.HI/c1-15(2)26(16(3)4)13-11-23-20(21-6)22-10-9-18-14-25-12-7-8-17(5)19(25)24-18;/h7-8,12,14-16H,9-11,13H2,1-6H3,(H2,21,22,23);1H. The van der Waals surface area contributed by atoms with Gasteiger partial charge in [-0.25, -0.2) is 4.98 Å². The van der Waals surface area contributed by atoms with Gasteiger partial charge in [0.15, 0.2) is 5.96 Å². The third-order valence-corrected chi connectivity index (χ3v) is 4.61. The highest BCUT2D eigenvalue weighted by atomic mass is 127. The van der Waals surface area contributed by atoms with Crippen molar-refractivity contribution in [1.29, 1.82) is 0 Å². The first-order chi connectivity index (χ1) is 12.4. The molecule has 0 saturated heterocycles. The van der Waals surface area contributed by atoms with Crippen molar-refractivity contribution in [3.05, 3.63) is 35.8 Å². The molecule has 7 heteroatoms. The molecular weight excluding hydrogens is 451 g/mol. The smallest absolute Gasteiger partial charge is 0.191 e. The van der Waals surface area contributed by atoms with Crippen molar-refractivity contribution in [3.63, 3.8) is 0 Å². The van der Waals surface area contributed by atoms with Crippen molar-refractivity contribution in [1.82, 2.24) is 24.9 Å². The lowest BCUT2D eigenvalue weighted by Crippen LogP contribution is -2.45. The Hall–Kier alpha value is -1.35. The van der Waals surface area contributed by atoms with Crippen molar-refractivity contribution >= 4 is 35.6 Å². The van der Waals surface area contributed by atoms with E-state index in [4.69, 9.17) is 4.98 Å². The number of nitrogens with one attached hydrogen (secondary N) is 2. The Morgan fingerprint density at radius 3 is 2.44 bits per heavy atom. The molecule has 0 unspecified atom stereocenters. The van der Waals surface area contributed by atoms with Gasteiger partial charge in [0.05, 0.1) is 5.69 Å². The van der Waals surface area contributed by atoms with Crippen LogP contribution >= 0.6 is 24.0 Å². The van der Waals surface area contributed by atoms with Crippen LogP contribution in [-0.4, -0.2) is 59.0 Å². The number of imidazole rings is 1. The highest BCUT2D eigenvalue weighted by Gasteiger charge is 2.12. The summed E-state index contributed by atoms with van der Waals surface area (Å²) in [6.45, 7) is 13.7. The van der Waals surface area contributed by atoms with Crippen molar-refractivity contribution in [2.75, 3.05) is 26.7 Å². The average Bonchev–Trinajstić information content (AvgIpc) is 3.00. The lowest BCUT2D eigenvalue weighted by atomic mass is 10.2. The van der Waals surface area contributed by atoms with E-state index in [1.807, 2.05) is 13.2 Å². The highest BCUT2D eigenvalue weighted by molar-refractivity contribution is 14.0. The SMILES string of the molecule is CN=C(NCCc1cn2cccc(C)c2n1)NCCN(C(C)C)C(C)C.I. The van der Waals surface area contributed by atoms with Crippen LogP contribution in [0.25, 0.3) is 5.65 Å². The quantitative estimate of drug-likeness (QED) is 0.342. The van der Waals surface area contributed by atoms with Gasteiger partial charge < -0.3 is 15.0 Å². The summed E-state index contributed by atoms with van der Waals surface area (Å²) in [6, 6.07) is 5.24. The van der Waals surface area contributed by atoms with E-state index in [2.05, 4.69) is 77.9 Å². The first kappa shape index (κ1) is 23.7. The number of fused-ring (bicyclic) bond motifs is 1. The molecule has 6 nitrogen and oxygen atoms in total. The molecule has 2 N–H and O–H groups in total. The zero-order chi connectivity index (χ0) is 19.1. The number of pyridine rings is 1. The molecule has 0 atom stereocenters. The summed E-state index contributed by atoms with van der Waals surface area (Å²) in [5.74, 6) is 0.845. The second kappa shape index (κ2) is 11.5. The van der Waals surface area contributed by atoms with Gasteiger partial charge in [0.1, 0.15) is 5.65 Å². The molecule has 2 heterocycles. The van der Waals surface area contributed by atoms with Crippen LogP contribution in [0.3, 0.4) is 0 Å². The van der Waals surface area contributed by atoms with Gasteiger partial charge in [-0.3, -0.25) is 9.89 Å². The van der Waals surface area contributed by atoms with Crippen LogP contribution in [0.1, 0.15) is 39.0 Å². The molecule has 0 bridgehead atoms. The first-order valence-electron chi connectivity index (χ1n) is 9.55. The number of rotatable bonds is 8. The van der Waals surface area contributed by atoms with Gasteiger partial charge in [-0.1, -0.05) is 6.07 Å². The van der Waals surface area contributed by atoms with Gasteiger partial charge in [-0.05, 0) is 46.2 Å². The fourth-order valence-electron chi connectivity index (χ4n) is 3.27. The summed E-state index contributed by atoms with van der Waals surface area (Å²) in [7, 11) is 1.81. The molecule has 0 amide bonds. The van der Waals surface area contributed by atoms with Crippen LogP contribution < -0.4 is 10.6 Å². The third-order valence-electron chi connectivity index (χ3n) is 4.61. The molecule has 2 aromatic heterocycles. The summed E-state index contributed by atoms with van der Waals surface area (Å²) in [5.41, 5.74) is 3.32. The summed E-state index contributed by atoms with van der Waals surface area (Å²) in [6.07, 6.45) is 5.01. The van der Waals surface area contributed by atoms with E-state index >= 15 is 0 Å². The molecule has 0 aliphatic heterocycles. The molecule has 0 aliphatic carbocycles. The first-order valence-corrected chi connectivity index (χ1v) is 9.55. The van der Waals surface area contributed by atoms with Crippen LogP contribution in [-0.2, 0) is 6.42 Å². The van der Waals surface area contributed by atoms with E-state index in [-0.39, 0.29) is 24.0 Å². The number of nitrogens with zero attached hydrogens (tertiary/aromatic N) is 4. The average molecular weight is 486 g/mol. The Balaban J connectivity index is 0.00000364. The second-order valence-corrected chi connectivity index (χ2v) is 7.26. The fourth-order valence-corrected chi connectivity index (χ4v) is 3.27.